The van der Waals surface area contributed by atoms with Crippen LogP contribution >= 0.6 is 0 Å². The summed E-state index contributed by atoms with van der Waals surface area (Å²) < 4.78 is 5.10. The Morgan fingerprint density at radius 2 is 2.22 bits per heavy atom. The smallest absolute Gasteiger partial charge is 0.220 e. The van der Waals surface area contributed by atoms with Crippen LogP contribution in [0.25, 0.3) is 0 Å². The molecular formula is C14H20N2O2. The van der Waals surface area contributed by atoms with Crippen LogP contribution in [0.4, 0.5) is 0 Å². The molecule has 1 saturated heterocycles. The Bertz CT molecular complexity index is 383. The molecule has 18 heavy (non-hydrogen) atoms. The lowest BCUT2D eigenvalue weighted by Crippen LogP contribution is -2.36. The SMILES string of the molecule is COc1ccc(CCC(=O)N[C@@H]2CCNC2)cc1. The molecular weight excluding hydrogens is 228 g/mol. The van der Waals surface area contributed by atoms with Crippen molar-refractivity contribution in [2.24, 2.45) is 0 Å². The van der Waals surface area contributed by atoms with Crippen molar-refractivity contribution in [2.45, 2.75) is 25.3 Å². The van der Waals surface area contributed by atoms with Gasteiger partial charge in [0, 0.05) is 19.0 Å². The predicted octanol–water partition coefficient (Wildman–Crippen LogP) is 1.11. The summed E-state index contributed by atoms with van der Waals surface area (Å²) in [7, 11) is 1.65. The highest BCUT2D eigenvalue weighted by atomic mass is 16.5. The number of amides is 1. The maximum Gasteiger partial charge on any atom is 0.220 e. The van der Waals surface area contributed by atoms with Crippen LogP contribution in [0, 0.1) is 0 Å². The van der Waals surface area contributed by atoms with Gasteiger partial charge in [0.15, 0.2) is 0 Å². The Morgan fingerprint density at radius 3 is 2.83 bits per heavy atom. The quantitative estimate of drug-likeness (QED) is 0.820. The van der Waals surface area contributed by atoms with Crippen LogP contribution < -0.4 is 15.4 Å². The number of carbonyl (C=O) groups excluding carboxylic acids is 1. The van der Waals surface area contributed by atoms with Gasteiger partial charge in [0.05, 0.1) is 7.11 Å². The maximum absolute atomic E-state index is 11.7. The number of hydrogen-bond acceptors (Lipinski definition) is 3. The highest BCUT2D eigenvalue weighted by Gasteiger charge is 2.16. The summed E-state index contributed by atoms with van der Waals surface area (Å²) in [4.78, 5) is 11.7. The Balaban J connectivity index is 1.74. The number of hydrogen-bond donors (Lipinski definition) is 2. The van der Waals surface area contributed by atoms with E-state index < -0.39 is 0 Å². The summed E-state index contributed by atoms with van der Waals surface area (Å²) in [6.45, 7) is 1.90. The summed E-state index contributed by atoms with van der Waals surface area (Å²) in [5, 5.41) is 6.28. The van der Waals surface area contributed by atoms with E-state index in [0.29, 0.717) is 12.5 Å². The van der Waals surface area contributed by atoms with Gasteiger partial charge in [-0.25, -0.2) is 0 Å². The molecule has 0 saturated carbocycles. The third kappa shape index (κ3) is 3.74. The number of methoxy groups -OCH3 is 1. The monoisotopic (exact) mass is 248 g/mol. The van der Waals surface area contributed by atoms with Crippen molar-refractivity contribution in [3.63, 3.8) is 0 Å². The Labute approximate surface area is 108 Å². The van der Waals surface area contributed by atoms with Crippen LogP contribution in [0.15, 0.2) is 24.3 Å². The molecule has 0 spiro atoms. The van der Waals surface area contributed by atoms with Gasteiger partial charge in [-0.05, 0) is 37.1 Å². The van der Waals surface area contributed by atoms with Gasteiger partial charge in [0.2, 0.25) is 5.91 Å². The molecule has 0 aliphatic carbocycles. The Kier molecular flexibility index (Phi) is 4.59. The van der Waals surface area contributed by atoms with E-state index in [4.69, 9.17) is 4.74 Å². The van der Waals surface area contributed by atoms with Gasteiger partial charge in [0.25, 0.3) is 0 Å². The first-order valence-electron chi connectivity index (χ1n) is 6.41. The molecule has 1 heterocycles. The zero-order valence-electron chi connectivity index (χ0n) is 10.7. The molecule has 2 rings (SSSR count). The fourth-order valence-corrected chi connectivity index (χ4v) is 2.13. The highest BCUT2D eigenvalue weighted by Crippen LogP contribution is 2.12. The van der Waals surface area contributed by atoms with Crippen molar-refractivity contribution in [1.82, 2.24) is 10.6 Å². The van der Waals surface area contributed by atoms with E-state index in [9.17, 15) is 4.79 Å². The number of benzene rings is 1. The Hall–Kier alpha value is -1.55. The van der Waals surface area contributed by atoms with Crippen LogP contribution in [0.5, 0.6) is 5.75 Å². The summed E-state index contributed by atoms with van der Waals surface area (Å²) in [5.41, 5.74) is 1.16. The number of ether oxygens (including phenoxy) is 1. The van der Waals surface area contributed by atoms with Crippen LogP contribution in [-0.2, 0) is 11.2 Å². The average molecular weight is 248 g/mol. The zero-order valence-corrected chi connectivity index (χ0v) is 10.7. The lowest BCUT2D eigenvalue weighted by Gasteiger charge is -2.11. The predicted molar refractivity (Wildman–Crippen MR) is 70.7 cm³/mol. The van der Waals surface area contributed by atoms with Gasteiger partial charge in [-0.3, -0.25) is 4.79 Å². The standard InChI is InChI=1S/C14H20N2O2/c1-18-13-5-2-11(3-6-13)4-7-14(17)16-12-8-9-15-10-12/h2-3,5-6,12,15H,4,7-10H2,1H3,(H,16,17)/t12-/m1/s1. The third-order valence-electron chi connectivity index (χ3n) is 3.23. The fourth-order valence-electron chi connectivity index (χ4n) is 2.13. The molecule has 0 aromatic heterocycles. The molecule has 4 heteroatoms. The molecule has 1 atom stereocenters. The van der Waals surface area contributed by atoms with Crippen LogP contribution in [0.3, 0.4) is 0 Å². The minimum atomic E-state index is 0.138. The molecule has 0 radical (unpaired) electrons. The summed E-state index contributed by atoms with van der Waals surface area (Å²) in [5.74, 6) is 0.986. The second kappa shape index (κ2) is 6.40. The third-order valence-corrected chi connectivity index (χ3v) is 3.23. The van der Waals surface area contributed by atoms with Crippen molar-refractivity contribution < 1.29 is 9.53 Å². The van der Waals surface area contributed by atoms with Crippen molar-refractivity contribution in [1.29, 1.82) is 0 Å². The van der Waals surface area contributed by atoms with Crippen molar-refractivity contribution >= 4 is 5.91 Å². The van der Waals surface area contributed by atoms with Gasteiger partial charge in [-0.1, -0.05) is 12.1 Å². The number of nitrogens with one attached hydrogen (secondary N) is 2. The lowest BCUT2D eigenvalue weighted by atomic mass is 10.1. The van der Waals surface area contributed by atoms with E-state index in [1.807, 2.05) is 24.3 Å². The van der Waals surface area contributed by atoms with E-state index >= 15 is 0 Å². The first-order valence-corrected chi connectivity index (χ1v) is 6.41. The minimum absolute atomic E-state index is 0.138. The summed E-state index contributed by atoms with van der Waals surface area (Å²) in [6.07, 6.45) is 2.35. The first-order chi connectivity index (χ1) is 8.78. The normalized spacial score (nSPS) is 18.6. The number of rotatable bonds is 5. The molecule has 4 nitrogen and oxygen atoms in total. The molecule has 0 bridgehead atoms. The van der Waals surface area contributed by atoms with Gasteiger partial charge in [0.1, 0.15) is 5.75 Å². The maximum atomic E-state index is 11.7. The first kappa shape index (κ1) is 12.9. The average Bonchev–Trinajstić information content (AvgIpc) is 2.90. The second-order valence-corrected chi connectivity index (χ2v) is 4.61. The molecule has 0 unspecified atom stereocenters. The van der Waals surface area contributed by atoms with E-state index in [1.165, 1.54) is 0 Å². The van der Waals surface area contributed by atoms with Crippen molar-refractivity contribution in [3.8, 4) is 5.75 Å². The van der Waals surface area contributed by atoms with Gasteiger partial charge in [-0.15, -0.1) is 0 Å². The zero-order chi connectivity index (χ0) is 12.8. The lowest BCUT2D eigenvalue weighted by molar-refractivity contribution is -0.121. The van der Waals surface area contributed by atoms with Crippen LogP contribution in [0.2, 0.25) is 0 Å². The van der Waals surface area contributed by atoms with E-state index in [0.717, 1.165) is 37.2 Å². The summed E-state index contributed by atoms with van der Waals surface area (Å²) in [6, 6.07) is 8.17. The molecule has 1 aliphatic heterocycles. The van der Waals surface area contributed by atoms with Gasteiger partial charge >= 0.3 is 0 Å². The minimum Gasteiger partial charge on any atom is -0.497 e. The van der Waals surface area contributed by atoms with Crippen molar-refractivity contribution in [2.75, 3.05) is 20.2 Å². The highest BCUT2D eigenvalue weighted by molar-refractivity contribution is 5.76. The molecule has 1 amide bonds. The molecule has 1 aromatic rings. The fraction of sp³-hybridized carbons (Fsp3) is 0.500. The van der Waals surface area contributed by atoms with E-state index in [2.05, 4.69) is 10.6 Å². The molecule has 1 aromatic carbocycles. The van der Waals surface area contributed by atoms with E-state index in [-0.39, 0.29) is 5.91 Å². The topological polar surface area (TPSA) is 50.4 Å². The second-order valence-electron chi connectivity index (χ2n) is 4.61. The van der Waals surface area contributed by atoms with Crippen LogP contribution in [-0.4, -0.2) is 32.1 Å². The number of carbonyl (C=O) groups is 1. The Morgan fingerprint density at radius 1 is 1.44 bits per heavy atom. The molecule has 2 N–H and O–H groups in total. The van der Waals surface area contributed by atoms with Gasteiger partial charge in [-0.2, -0.15) is 0 Å². The van der Waals surface area contributed by atoms with Gasteiger partial charge < -0.3 is 15.4 Å². The molecule has 98 valence electrons. The largest absolute Gasteiger partial charge is 0.497 e. The number of aryl methyl sites for hydroxylation is 1. The van der Waals surface area contributed by atoms with Crippen LogP contribution in [0.1, 0.15) is 18.4 Å². The molecule has 1 fully saturated rings. The van der Waals surface area contributed by atoms with Crippen molar-refractivity contribution in [3.05, 3.63) is 29.8 Å². The summed E-state index contributed by atoms with van der Waals surface area (Å²) >= 11 is 0. The van der Waals surface area contributed by atoms with E-state index in [1.54, 1.807) is 7.11 Å². The molecule has 1 aliphatic rings.